The zero-order valence-corrected chi connectivity index (χ0v) is 16.9. The summed E-state index contributed by atoms with van der Waals surface area (Å²) < 4.78 is 82.8. The van der Waals surface area contributed by atoms with Gasteiger partial charge >= 0.3 is 6.36 Å². The van der Waals surface area contributed by atoms with Crippen LogP contribution in [0.3, 0.4) is 0 Å². The molecule has 10 heteroatoms. The van der Waals surface area contributed by atoms with Crippen molar-refractivity contribution in [2.75, 3.05) is 6.54 Å². The summed E-state index contributed by atoms with van der Waals surface area (Å²) >= 11 is 1.49. The van der Waals surface area contributed by atoms with Gasteiger partial charge in [-0.25, -0.2) is 12.8 Å². The van der Waals surface area contributed by atoms with E-state index >= 15 is 0 Å². The van der Waals surface area contributed by atoms with E-state index in [1.165, 1.54) is 39.9 Å². The van der Waals surface area contributed by atoms with E-state index in [-0.39, 0.29) is 11.4 Å². The summed E-state index contributed by atoms with van der Waals surface area (Å²) in [5.74, 6) is -1.07. The molecule has 1 aliphatic heterocycles. The first kappa shape index (κ1) is 20.8. The molecule has 0 aliphatic carbocycles. The molecular weight excluding hydrogens is 442 g/mol. The van der Waals surface area contributed by atoms with Gasteiger partial charge in [-0.05, 0) is 59.3 Å². The topological polar surface area (TPSA) is 46.6 Å². The van der Waals surface area contributed by atoms with Crippen LogP contribution in [0.4, 0.5) is 17.6 Å². The second-order valence-electron chi connectivity index (χ2n) is 6.64. The summed E-state index contributed by atoms with van der Waals surface area (Å²) in [6, 6.07) is 10.9. The van der Waals surface area contributed by atoms with Crippen LogP contribution in [0.5, 0.6) is 5.75 Å². The minimum absolute atomic E-state index is 0.165. The molecule has 1 atom stereocenters. The van der Waals surface area contributed by atoms with Gasteiger partial charge in [0.15, 0.2) is 0 Å². The molecule has 4 nitrogen and oxygen atoms in total. The fourth-order valence-corrected chi connectivity index (χ4v) is 6.04. The van der Waals surface area contributed by atoms with Crippen molar-refractivity contribution in [1.82, 2.24) is 4.31 Å². The first-order valence-corrected chi connectivity index (χ1v) is 11.2. The lowest BCUT2D eigenvalue weighted by Crippen LogP contribution is -2.40. The largest absolute Gasteiger partial charge is 0.573 e. The standard InChI is InChI=1S/C20H15F4NO3S2/c21-14-2-1-3-16(12-14)30(26,27)25-10-8-18-17(9-11-29-18)19(25)13-4-6-15(7-5-13)28-20(22,23)24/h1-7,9,11-12,19H,8,10H2/t19-/m1/s1. The van der Waals surface area contributed by atoms with Crippen LogP contribution in [0.1, 0.15) is 22.0 Å². The predicted molar refractivity (Wildman–Crippen MR) is 103 cm³/mol. The third-order valence-electron chi connectivity index (χ3n) is 4.75. The maximum absolute atomic E-state index is 13.7. The number of halogens is 4. The van der Waals surface area contributed by atoms with E-state index in [9.17, 15) is 26.0 Å². The average Bonchev–Trinajstić information content (AvgIpc) is 3.15. The number of nitrogens with zero attached hydrogens (tertiary/aromatic N) is 1. The van der Waals surface area contributed by atoms with Crippen molar-refractivity contribution in [3.05, 3.63) is 81.8 Å². The molecule has 4 rings (SSSR count). The molecule has 0 unspecified atom stereocenters. The van der Waals surface area contributed by atoms with Crippen molar-refractivity contribution in [1.29, 1.82) is 0 Å². The van der Waals surface area contributed by atoms with E-state index in [1.54, 1.807) is 6.07 Å². The van der Waals surface area contributed by atoms with E-state index in [0.717, 1.165) is 34.7 Å². The lowest BCUT2D eigenvalue weighted by atomic mass is 9.95. The highest BCUT2D eigenvalue weighted by molar-refractivity contribution is 7.89. The van der Waals surface area contributed by atoms with Crippen LogP contribution in [0.2, 0.25) is 0 Å². The lowest BCUT2D eigenvalue weighted by Gasteiger charge is -2.35. The molecule has 0 bridgehead atoms. The van der Waals surface area contributed by atoms with E-state index in [2.05, 4.69) is 4.74 Å². The number of ether oxygens (including phenoxy) is 1. The molecule has 2 aromatic carbocycles. The average molecular weight is 457 g/mol. The first-order valence-electron chi connectivity index (χ1n) is 8.84. The van der Waals surface area contributed by atoms with Crippen LogP contribution >= 0.6 is 11.3 Å². The highest BCUT2D eigenvalue weighted by atomic mass is 32.2. The van der Waals surface area contributed by atoms with E-state index < -0.39 is 34.0 Å². The number of sulfonamides is 1. The molecular formula is C20H15F4NO3S2. The number of hydrogen-bond acceptors (Lipinski definition) is 4. The number of hydrogen-bond donors (Lipinski definition) is 0. The monoisotopic (exact) mass is 457 g/mol. The van der Waals surface area contributed by atoms with Crippen molar-refractivity contribution in [3.8, 4) is 5.75 Å². The fourth-order valence-electron chi connectivity index (χ4n) is 3.51. The number of rotatable bonds is 4. The number of fused-ring (bicyclic) bond motifs is 1. The molecule has 0 saturated carbocycles. The number of alkyl halides is 3. The normalized spacial score (nSPS) is 17.5. The van der Waals surface area contributed by atoms with Gasteiger partial charge in [-0.2, -0.15) is 4.31 Å². The van der Waals surface area contributed by atoms with E-state index in [4.69, 9.17) is 0 Å². The number of benzene rings is 2. The Kier molecular flexibility index (Phi) is 5.33. The molecule has 1 aromatic heterocycles. The highest BCUT2D eigenvalue weighted by Crippen LogP contribution is 2.41. The summed E-state index contributed by atoms with van der Waals surface area (Å²) in [6.45, 7) is 0.165. The Labute approximate surface area is 174 Å². The molecule has 1 aliphatic rings. The fraction of sp³-hybridized carbons (Fsp3) is 0.200. The SMILES string of the molecule is O=S(=O)(c1cccc(F)c1)N1CCc2sccc2[C@H]1c1ccc(OC(F)(F)F)cc1. The predicted octanol–water partition coefficient (Wildman–Crippen LogP) is 5.12. The van der Waals surface area contributed by atoms with Crippen molar-refractivity contribution in [3.63, 3.8) is 0 Å². The van der Waals surface area contributed by atoms with Gasteiger partial charge in [-0.15, -0.1) is 24.5 Å². The minimum Gasteiger partial charge on any atom is -0.406 e. The minimum atomic E-state index is -4.82. The van der Waals surface area contributed by atoms with Crippen molar-refractivity contribution >= 4 is 21.4 Å². The van der Waals surface area contributed by atoms with Crippen LogP contribution in [0, 0.1) is 5.82 Å². The maximum atomic E-state index is 13.7. The molecule has 0 fully saturated rings. The van der Waals surface area contributed by atoms with E-state index in [0.29, 0.717) is 12.0 Å². The Morgan fingerprint density at radius 1 is 1.07 bits per heavy atom. The Balaban J connectivity index is 1.76. The van der Waals surface area contributed by atoms with Crippen LogP contribution in [0.15, 0.2) is 64.9 Å². The quantitative estimate of drug-likeness (QED) is 0.511. The van der Waals surface area contributed by atoms with Gasteiger partial charge in [0.25, 0.3) is 0 Å². The van der Waals surface area contributed by atoms with Crippen molar-refractivity contribution < 1.29 is 30.7 Å². The zero-order valence-electron chi connectivity index (χ0n) is 15.3. The lowest BCUT2D eigenvalue weighted by molar-refractivity contribution is -0.274. The second-order valence-corrected chi connectivity index (χ2v) is 9.53. The Morgan fingerprint density at radius 3 is 2.47 bits per heavy atom. The molecule has 0 amide bonds. The third kappa shape index (κ3) is 4.07. The Hall–Kier alpha value is -2.43. The highest BCUT2D eigenvalue weighted by Gasteiger charge is 2.38. The van der Waals surface area contributed by atoms with Crippen LogP contribution in [-0.4, -0.2) is 25.6 Å². The molecule has 0 spiro atoms. The Bertz CT molecular complexity index is 1160. The Morgan fingerprint density at radius 2 is 1.80 bits per heavy atom. The summed E-state index contributed by atoms with van der Waals surface area (Å²) in [4.78, 5) is 0.824. The molecule has 3 aromatic rings. The van der Waals surface area contributed by atoms with Crippen LogP contribution in [0.25, 0.3) is 0 Å². The van der Waals surface area contributed by atoms with Gasteiger partial charge in [0.2, 0.25) is 10.0 Å². The maximum Gasteiger partial charge on any atom is 0.573 e. The molecule has 158 valence electrons. The summed E-state index contributed by atoms with van der Waals surface area (Å²) in [5.41, 5.74) is 1.25. The molecule has 0 saturated heterocycles. The third-order valence-corrected chi connectivity index (χ3v) is 7.61. The van der Waals surface area contributed by atoms with Crippen molar-refractivity contribution in [2.45, 2.75) is 23.7 Å². The van der Waals surface area contributed by atoms with Gasteiger partial charge < -0.3 is 4.74 Å². The van der Waals surface area contributed by atoms with Gasteiger partial charge in [-0.1, -0.05) is 18.2 Å². The second kappa shape index (κ2) is 7.68. The zero-order chi connectivity index (χ0) is 21.5. The van der Waals surface area contributed by atoms with Gasteiger partial charge in [0.1, 0.15) is 11.6 Å². The van der Waals surface area contributed by atoms with Crippen LogP contribution < -0.4 is 4.74 Å². The van der Waals surface area contributed by atoms with Crippen molar-refractivity contribution in [2.24, 2.45) is 0 Å². The molecule has 0 radical (unpaired) electrons. The summed E-state index contributed by atoms with van der Waals surface area (Å²) in [5, 5.41) is 1.84. The smallest absolute Gasteiger partial charge is 0.406 e. The summed E-state index contributed by atoms with van der Waals surface area (Å²) in [7, 11) is -4.05. The first-order chi connectivity index (χ1) is 14.1. The number of thiophene rings is 1. The molecule has 30 heavy (non-hydrogen) atoms. The molecule has 0 N–H and O–H groups in total. The molecule has 2 heterocycles. The van der Waals surface area contributed by atoms with Gasteiger partial charge in [0, 0.05) is 11.4 Å². The van der Waals surface area contributed by atoms with Crippen LogP contribution in [-0.2, 0) is 16.4 Å². The van der Waals surface area contributed by atoms with Gasteiger partial charge in [-0.3, -0.25) is 0 Å². The van der Waals surface area contributed by atoms with Gasteiger partial charge in [0.05, 0.1) is 10.9 Å². The summed E-state index contributed by atoms with van der Waals surface area (Å²) in [6.07, 6.45) is -4.33. The van der Waals surface area contributed by atoms with E-state index in [1.807, 2.05) is 5.38 Å².